The van der Waals surface area contributed by atoms with Crippen molar-refractivity contribution in [2.24, 2.45) is 4.99 Å². The first-order chi connectivity index (χ1) is 17.8. The van der Waals surface area contributed by atoms with Gasteiger partial charge in [0.25, 0.3) is 0 Å². The van der Waals surface area contributed by atoms with E-state index < -0.39 is 0 Å². The van der Waals surface area contributed by atoms with E-state index in [4.69, 9.17) is 4.74 Å². The van der Waals surface area contributed by atoms with Crippen molar-refractivity contribution >= 4 is 11.9 Å². The molecule has 0 fully saturated rings. The maximum Gasteiger partial charge on any atom is 0.119 e. The lowest BCUT2D eigenvalue weighted by Crippen LogP contribution is -1.97. The maximum atomic E-state index is 5.94. The van der Waals surface area contributed by atoms with E-state index in [0.717, 1.165) is 30.0 Å². The summed E-state index contributed by atoms with van der Waals surface area (Å²) in [4.78, 5) is 4.62. The number of aliphatic imine (C=N–C) groups is 1. The lowest BCUT2D eigenvalue weighted by atomic mass is 10.0. The number of rotatable bonds is 19. The maximum absolute atomic E-state index is 5.94. The topological polar surface area (TPSA) is 21.6 Å². The minimum absolute atomic E-state index is 0.403. The Bertz CT molecular complexity index is 895. The van der Waals surface area contributed by atoms with Gasteiger partial charge < -0.3 is 4.74 Å². The smallest absolute Gasteiger partial charge is 0.119 e. The quantitative estimate of drug-likeness (QED) is 0.143. The van der Waals surface area contributed by atoms with Crippen LogP contribution in [0.15, 0.2) is 77.8 Å². The van der Waals surface area contributed by atoms with Gasteiger partial charge in [0.1, 0.15) is 5.75 Å². The van der Waals surface area contributed by atoms with Gasteiger partial charge in [-0.3, -0.25) is 4.99 Å². The summed E-state index contributed by atoms with van der Waals surface area (Å²) in [6, 6.07) is 16.7. The number of unbranched alkanes of at least 4 members (excludes halogenated alkanes) is 13. The second kappa shape index (κ2) is 17.8. The first-order valence-corrected chi connectivity index (χ1v) is 14.6. The normalized spacial score (nSPS) is 13.2. The number of allylic oxidation sites excluding steroid dienone is 4. The van der Waals surface area contributed by atoms with Crippen LogP contribution in [0.2, 0.25) is 0 Å². The molecule has 0 radical (unpaired) electrons. The molecule has 2 aromatic carbocycles. The third kappa shape index (κ3) is 11.4. The third-order valence-electron chi connectivity index (χ3n) is 7.04. The summed E-state index contributed by atoms with van der Waals surface area (Å²) in [5, 5.41) is 0. The highest BCUT2D eigenvalue weighted by Gasteiger charge is 2.06. The van der Waals surface area contributed by atoms with Crippen molar-refractivity contribution in [3.05, 3.63) is 84.0 Å². The molecular weight excluding hydrogens is 438 g/mol. The van der Waals surface area contributed by atoms with Crippen LogP contribution < -0.4 is 4.74 Å². The number of nitrogens with zero attached hydrogens (tertiary/aromatic N) is 1. The lowest BCUT2D eigenvalue weighted by molar-refractivity contribution is 0.304. The number of ether oxygens (including phenoxy) is 1. The molecule has 2 aromatic rings. The van der Waals surface area contributed by atoms with Crippen LogP contribution >= 0.6 is 0 Å². The highest BCUT2D eigenvalue weighted by atomic mass is 16.5. The zero-order chi connectivity index (χ0) is 25.1. The Kier molecular flexibility index (Phi) is 13.8. The molecule has 0 atom stereocenters. The van der Waals surface area contributed by atoms with E-state index in [2.05, 4.69) is 72.6 Å². The van der Waals surface area contributed by atoms with E-state index in [1.807, 2.05) is 18.3 Å². The first-order valence-electron chi connectivity index (χ1n) is 14.6. The molecule has 0 saturated carbocycles. The number of hydrogen-bond acceptors (Lipinski definition) is 2. The third-order valence-corrected chi connectivity index (χ3v) is 7.04. The van der Waals surface area contributed by atoms with E-state index in [1.165, 1.54) is 89.0 Å². The Hall–Kier alpha value is -2.61. The fourth-order valence-electron chi connectivity index (χ4n) is 4.72. The van der Waals surface area contributed by atoms with E-state index in [1.54, 1.807) is 0 Å². The standard InChI is InChI=1S/C34H47NO/c1-2-3-4-5-6-7-8-9-10-11-12-13-14-17-28-36-34-26-20-30(21-27-34)29-35-33-24-22-32(23-25-33)31-18-15-16-19-31/h15-16,18-27,29,31H,2-14,17,28H2,1H3. The largest absolute Gasteiger partial charge is 0.494 e. The summed E-state index contributed by atoms with van der Waals surface area (Å²) in [7, 11) is 0. The van der Waals surface area contributed by atoms with Crippen molar-refractivity contribution in [3.63, 3.8) is 0 Å². The Morgan fingerprint density at radius 2 is 1.17 bits per heavy atom. The summed E-state index contributed by atoms with van der Waals surface area (Å²) in [5.41, 5.74) is 3.37. The van der Waals surface area contributed by atoms with Gasteiger partial charge in [-0.1, -0.05) is 127 Å². The highest BCUT2D eigenvalue weighted by Crippen LogP contribution is 2.25. The zero-order valence-corrected chi connectivity index (χ0v) is 22.5. The predicted octanol–water partition coefficient (Wildman–Crippen LogP) is 10.5. The van der Waals surface area contributed by atoms with Crippen molar-refractivity contribution < 1.29 is 4.74 Å². The molecule has 1 aliphatic rings. The second-order valence-electron chi connectivity index (χ2n) is 10.2. The molecule has 0 saturated heterocycles. The van der Waals surface area contributed by atoms with Crippen molar-refractivity contribution in [1.29, 1.82) is 0 Å². The molecule has 0 unspecified atom stereocenters. The van der Waals surface area contributed by atoms with Crippen molar-refractivity contribution in [3.8, 4) is 5.75 Å². The Balaban J connectivity index is 1.19. The molecule has 0 aliphatic heterocycles. The predicted molar refractivity (Wildman–Crippen MR) is 157 cm³/mol. The molecule has 0 heterocycles. The summed E-state index contributed by atoms with van der Waals surface area (Å²) < 4.78 is 5.94. The summed E-state index contributed by atoms with van der Waals surface area (Å²) in [6.07, 6.45) is 29.9. The van der Waals surface area contributed by atoms with Crippen molar-refractivity contribution in [2.75, 3.05) is 6.61 Å². The van der Waals surface area contributed by atoms with Gasteiger partial charge in [0.15, 0.2) is 0 Å². The van der Waals surface area contributed by atoms with Crippen LogP contribution in [-0.4, -0.2) is 12.8 Å². The van der Waals surface area contributed by atoms with Crippen LogP contribution in [0.1, 0.15) is 114 Å². The highest BCUT2D eigenvalue weighted by molar-refractivity contribution is 5.82. The van der Waals surface area contributed by atoms with E-state index >= 15 is 0 Å². The molecule has 36 heavy (non-hydrogen) atoms. The average Bonchev–Trinajstić information content (AvgIpc) is 3.46. The van der Waals surface area contributed by atoms with Gasteiger partial charge in [-0.25, -0.2) is 0 Å². The Labute approximate surface area is 220 Å². The van der Waals surface area contributed by atoms with Crippen LogP contribution in [0.5, 0.6) is 5.75 Å². The molecule has 2 heteroatoms. The summed E-state index contributed by atoms with van der Waals surface area (Å²) >= 11 is 0. The van der Waals surface area contributed by atoms with Gasteiger partial charge in [0, 0.05) is 12.1 Å². The molecule has 3 rings (SSSR count). The second-order valence-corrected chi connectivity index (χ2v) is 10.2. The fourth-order valence-corrected chi connectivity index (χ4v) is 4.72. The van der Waals surface area contributed by atoms with Gasteiger partial charge >= 0.3 is 0 Å². The summed E-state index contributed by atoms with van der Waals surface area (Å²) in [5.74, 6) is 1.35. The van der Waals surface area contributed by atoms with E-state index in [0.29, 0.717) is 5.92 Å². The molecule has 0 amide bonds. The van der Waals surface area contributed by atoms with Crippen molar-refractivity contribution in [1.82, 2.24) is 0 Å². The average molecular weight is 486 g/mol. The van der Waals surface area contributed by atoms with Crippen molar-refractivity contribution in [2.45, 2.75) is 103 Å². The Morgan fingerprint density at radius 3 is 1.72 bits per heavy atom. The zero-order valence-electron chi connectivity index (χ0n) is 22.5. The fraction of sp³-hybridized carbons (Fsp3) is 0.500. The van der Waals surface area contributed by atoms with Gasteiger partial charge in [-0.2, -0.15) is 0 Å². The van der Waals surface area contributed by atoms with E-state index in [-0.39, 0.29) is 0 Å². The van der Waals surface area contributed by atoms with Crippen LogP contribution in [-0.2, 0) is 0 Å². The monoisotopic (exact) mass is 485 g/mol. The number of hydrogen-bond donors (Lipinski definition) is 0. The van der Waals surface area contributed by atoms with Crippen LogP contribution in [0.3, 0.4) is 0 Å². The van der Waals surface area contributed by atoms with Crippen LogP contribution in [0.4, 0.5) is 5.69 Å². The summed E-state index contributed by atoms with van der Waals surface area (Å²) in [6.45, 7) is 3.10. The molecule has 0 aromatic heterocycles. The molecule has 2 nitrogen and oxygen atoms in total. The SMILES string of the molecule is CCCCCCCCCCCCCCCCOc1ccc(C=Nc2ccc(C3C=CC=C3)cc2)cc1. The van der Waals surface area contributed by atoms with Crippen LogP contribution in [0, 0.1) is 0 Å². The minimum Gasteiger partial charge on any atom is -0.494 e. The molecule has 0 N–H and O–H groups in total. The molecule has 1 aliphatic carbocycles. The van der Waals surface area contributed by atoms with Gasteiger partial charge in [0.2, 0.25) is 0 Å². The van der Waals surface area contributed by atoms with Gasteiger partial charge in [-0.05, 0) is 53.9 Å². The molecule has 194 valence electrons. The molecule has 0 spiro atoms. The first kappa shape index (κ1) is 28.0. The van der Waals surface area contributed by atoms with Gasteiger partial charge in [-0.15, -0.1) is 0 Å². The minimum atomic E-state index is 0.403. The molecule has 0 bridgehead atoms. The lowest BCUT2D eigenvalue weighted by Gasteiger charge is -2.07. The number of benzene rings is 2. The van der Waals surface area contributed by atoms with E-state index in [9.17, 15) is 0 Å². The Morgan fingerprint density at radius 1 is 0.639 bits per heavy atom. The van der Waals surface area contributed by atoms with Crippen LogP contribution in [0.25, 0.3) is 0 Å². The molecular formula is C34H47NO. The van der Waals surface area contributed by atoms with Gasteiger partial charge in [0.05, 0.1) is 12.3 Å².